The van der Waals surface area contributed by atoms with Crippen LogP contribution < -0.4 is 10.6 Å². The van der Waals surface area contributed by atoms with E-state index in [4.69, 9.17) is 0 Å². The molecule has 3 aromatic carbocycles. The van der Waals surface area contributed by atoms with Crippen LogP contribution in [0.1, 0.15) is 37.4 Å². The summed E-state index contributed by atoms with van der Waals surface area (Å²) in [5.41, 5.74) is 4.27. The maximum absolute atomic E-state index is 12.3. The molecule has 28 heavy (non-hydrogen) atoms. The fourth-order valence-electron chi connectivity index (χ4n) is 2.78. The van der Waals surface area contributed by atoms with Crippen LogP contribution >= 0.6 is 0 Å². The summed E-state index contributed by atoms with van der Waals surface area (Å²) in [5.74, 6) is -0.589. The van der Waals surface area contributed by atoms with Gasteiger partial charge in [-0.2, -0.15) is 0 Å². The average Bonchev–Trinajstić information content (AvgIpc) is 2.67. The zero-order chi connectivity index (χ0) is 20.1. The van der Waals surface area contributed by atoms with E-state index < -0.39 is 0 Å². The van der Waals surface area contributed by atoms with Gasteiger partial charge in [-0.25, -0.2) is 0 Å². The number of anilines is 1. The molecule has 0 heterocycles. The van der Waals surface area contributed by atoms with Crippen molar-refractivity contribution in [2.75, 3.05) is 5.32 Å². The van der Waals surface area contributed by atoms with Crippen LogP contribution in [0.25, 0.3) is 0 Å². The van der Waals surface area contributed by atoms with Crippen LogP contribution in [0, 0.1) is 13.8 Å². The van der Waals surface area contributed by atoms with E-state index in [1.54, 1.807) is 42.5 Å². The summed E-state index contributed by atoms with van der Waals surface area (Å²) in [7, 11) is 0. The molecule has 5 nitrogen and oxygen atoms in total. The Balaban J connectivity index is 1.63. The highest BCUT2D eigenvalue weighted by atomic mass is 16.3. The topological polar surface area (TPSA) is 78.4 Å². The van der Waals surface area contributed by atoms with Gasteiger partial charge in [-0.1, -0.05) is 35.9 Å². The molecule has 0 unspecified atom stereocenters. The number of benzene rings is 3. The van der Waals surface area contributed by atoms with E-state index >= 15 is 0 Å². The van der Waals surface area contributed by atoms with Gasteiger partial charge in [0.05, 0.1) is 5.56 Å². The highest BCUT2D eigenvalue weighted by Gasteiger charge is 2.11. The summed E-state index contributed by atoms with van der Waals surface area (Å²) >= 11 is 0. The monoisotopic (exact) mass is 374 g/mol. The van der Waals surface area contributed by atoms with E-state index in [0.29, 0.717) is 11.3 Å². The van der Waals surface area contributed by atoms with E-state index in [-0.39, 0.29) is 29.7 Å². The average molecular weight is 374 g/mol. The number of aryl methyl sites for hydroxylation is 2. The maximum Gasteiger partial charge on any atom is 0.255 e. The quantitative estimate of drug-likeness (QED) is 0.626. The molecular formula is C23H22N2O3. The minimum absolute atomic E-state index is 0.0448. The first-order chi connectivity index (χ1) is 13.4. The van der Waals surface area contributed by atoms with Crippen LogP contribution in [-0.2, 0) is 6.54 Å². The number of carbonyl (C=O) groups is 2. The van der Waals surface area contributed by atoms with Gasteiger partial charge in [0, 0.05) is 17.8 Å². The fraction of sp³-hybridized carbons (Fsp3) is 0.130. The van der Waals surface area contributed by atoms with Crippen molar-refractivity contribution >= 4 is 17.5 Å². The molecule has 0 saturated heterocycles. The van der Waals surface area contributed by atoms with Crippen LogP contribution in [0.2, 0.25) is 0 Å². The van der Waals surface area contributed by atoms with Crippen molar-refractivity contribution in [3.8, 4) is 5.75 Å². The van der Waals surface area contributed by atoms with Gasteiger partial charge >= 0.3 is 0 Å². The highest BCUT2D eigenvalue weighted by Crippen LogP contribution is 2.18. The van der Waals surface area contributed by atoms with Crippen LogP contribution in [-0.4, -0.2) is 16.9 Å². The lowest BCUT2D eigenvalue weighted by Crippen LogP contribution is -2.23. The third kappa shape index (κ3) is 4.76. The first kappa shape index (κ1) is 19.2. The smallest absolute Gasteiger partial charge is 0.255 e. The number of rotatable bonds is 5. The van der Waals surface area contributed by atoms with Crippen molar-refractivity contribution < 1.29 is 14.7 Å². The molecule has 3 N–H and O–H groups in total. The number of carbonyl (C=O) groups excluding carboxylic acids is 2. The fourth-order valence-corrected chi connectivity index (χ4v) is 2.78. The Labute approximate surface area is 164 Å². The largest absolute Gasteiger partial charge is 0.507 e. The molecule has 5 heteroatoms. The molecule has 0 aliphatic rings. The lowest BCUT2D eigenvalue weighted by Gasteiger charge is -2.10. The van der Waals surface area contributed by atoms with Gasteiger partial charge in [-0.05, 0) is 61.4 Å². The van der Waals surface area contributed by atoms with Gasteiger partial charge in [-0.15, -0.1) is 0 Å². The molecule has 3 rings (SSSR count). The zero-order valence-corrected chi connectivity index (χ0v) is 15.8. The first-order valence-corrected chi connectivity index (χ1v) is 8.97. The van der Waals surface area contributed by atoms with E-state index in [1.165, 1.54) is 0 Å². The summed E-state index contributed by atoms with van der Waals surface area (Å²) in [6, 6.07) is 19.5. The van der Waals surface area contributed by atoms with Crippen LogP contribution in [0.4, 0.5) is 5.69 Å². The number of hydrogen-bond donors (Lipinski definition) is 3. The Hall–Kier alpha value is -3.60. The van der Waals surface area contributed by atoms with Crippen molar-refractivity contribution in [1.29, 1.82) is 0 Å². The van der Waals surface area contributed by atoms with E-state index in [9.17, 15) is 14.7 Å². The summed E-state index contributed by atoms with van der Waals surface area (Å²) in [6.07, 6.45) is 0. The lowest BCUT2D eigenvalue weighted by molar-refractivity contribution is 0.0947. The predicted octanol–water partition coefficient (Wildman–Crippen LogP) is 4.19. The normalized spacial score (nSPS) is 10.4. The summed E-state index contributed by atoms with van der Waals surface area (Å²) < 4.78 is 0. The summed E-state index contributed by atoms with van der Waals surface area (Å²) in [4.78, 5) is 24.6. The number of hydrogen-bond acceptors (Lipinski definition) is 3. The Bertz CT molecular complexity index is 1010. The molecule has 142 valence electrons. The van der Waals surface area contributed by atoms with Crippen molar-refractivity contribution in [3.63, 3.8) is 0 Å². The number of phenols is 1. The van der Waals surface area contributed by atoms with Gasteiger partial charge in [0.1, 0.15) is 5.75 Å². The van der Waals surface area contributed by atoms with Crippen LogP contribution in [0.3, 0.4) is 0 Å². The molecule has 0 atom stereocenters. The highest BCUT2D eigenvalue weighted by molar-refractivity contribution is 6.04. The Morgan fingerprint density at radius 3 is 2.29 bits per heavy atom. The van der Waals surface area contributed by atoms with Crippen molar-refractivity contribution in [3.05, 3.63) is 94.5 Å². The van der Waals surface area contributed by atoms with Crippen LogP contribution in [0.5, 0.6) is 5.75 Å². The van der Waals surface area contributed by atoms with Gasteiger partial charge in [0.25, 0.3) is 11.8 Å². The molecule has 0 bridgehead atoms. The maximum atomic E-state index is 12.3. The SMILES string of the molecule is Cc1ccc(C(=O)Nc2cccc(CNC(=O)c3ccc(C)cc3O)c2)cc1. The van der Waals surface area contributed by atoms with E-state index in [2.05, 4.69) is 10.6 Å². The minimum Gasteiger partial charge on any atom is -0.507 e. The molecule has 0 fully saturated rings. The number of amides is 2. The van der Waals surface area contributed by atoms with Gasteiger partial charge in [0.2, 0.25) is 0 Å². The van der Waals surface area contributed by atoms with Gasteiger partial charge in [-0.3, -0.25) is 9.59 Å². The molecule has 0 saturated carbocycles. The molecule has 3 aromatic rings. The third-order valence-corrected chi connectivity index (χ3v) is 4.35. The third-order valence-electron chi connectivity index (χ3n) is 4.35. The Morgan fingerprint density at radius 2 is 1.57 bits per heavy atom. The van der Waals surface area contributed by atoms with Gasteiger partial charge < -0.3 is 15.7 Å². The first-order valence-electron chi connectivity index (χ1n) is 8.97. The molecule has 0 spiro atoms. The lowest BCUT2D eigenvalue weighted by atomic mass is 10.1. The van der Waals surface area contributed by atoms with Crippen molar-refractivity contribution in [1.82, 2.24) is 5.32 Å². The minimum atomic E-state index is -0.355. The molecule has 2 amide bonds. The van der Waals surface area contributed by atoms with Gasteiger partial charge in [0.15, 0.2) is 0 Å². The number of phenolic OH excluding ortho intramolecular Hbond substituents is 1. The molecule has 0 aromatic heterocycles. The Kier molecular flexibility index (Phi) is 5.75. The summed E-state index contributed by atoms with van der Waals surface area (Å²) in [6.45, 7) is 4.09. The standard InChI is InChI=1S/C23H22N2O3/c1-15-6-9-18(10-7-15)22(27)25-19-5-3-4-17(13-19)14-24-23(28)20-11-8-16(2)12-21(20)26/h3-13,26H,14H2,1-2H3,(H,24,28)(H,25,27). The molecular weight excluding hydrogens is 352 g/mol. The molecule has 0 aliphatic heterocycles. The Morgan fingerprint density at radius 1 is 0.857 bits per heavy atom. The second-order valence-electron chi connectivity index (χ2n) is 6.72. The van der Waals surface area contributed by atoms with Crippen molar-refractivity contribution in [2.45, 2.75) is 20.4 Å². The molecule has 0 aliphatic carbocycles. The zero-order valence-electron chi connectivity index (χ0n) is 15.8. The second kappa shape index (κ2) is 8.39. The summed E-state index contributed by atoms with van der Waals surface area (Å²) in [5, 5.41) is 15.6. The van der Waals surface area contributed by atoms with Crippen LogP contribution in [0.15, 0.2) is 66.7 Å². The second-order valence-corrected chi connectivity index (χ2v) is 6.72. The predicted molar refractivity (Wildman–Crippen MR) is 110 cm³/mol. The number of aromatic hydroxyl groups is 1. The number of nitrogens with one attached hydrogen (secondary N) is 2. The molecule has 0 radical (unpaired) electrons. The van der Waals surface area contributed by atoms with E-state index in [0.717, 1.165) is 16.7 Å². The van der Waals surface area contributed by atoms with Crippen molar-refractivity contribution in [2.24, 2.45) is 0 Å². The van der Waals surface area contributed by atoms with E-state index in [1.807, 2.05) is 38.1 Å².